The van der Waals surface area contributed by atoms with Crippen LogP contribution in [0.3, 0.4) is 0 Å². The van der Waals surface area contributed by atoms with E-state index in [-0.39, 0.29) is 0 Å². The largest absolute Gasteiger partial charge is 0.383 e. The van der Waals surface area contributed by atoms with Gasteiger partial charge >= 0.3 is 0 Å². The molecule has 0 saturated carbocycles. The van der Waals surface area contributed by atoms with E-state index in [1.807, 2.05) is 23.9 Å². The van der Waals surface area contributed by atoms with E-state index in [1.165, 1.54) is 0 Å². The van der Waals surface area contributed by atoms with E-state index in [4.69, 9.17) is 5.73 Å². The quantitative estimate of drug-likeness (QED) is 0.779. The lowest BCUT2D eigenvalue weighted by molar-refractivity contribution is 1.11. The Kier molecular flexibility index (Phi) is 3.41. The molecule has 12 heavy (non-hydrogen) atoms. The molecule has 0 bridgehead atoms. The zero-order valence-corrected chi connectivity index (χ0v) is 8.27. The summed E-state index contributed by atoms with van der Waals surface area (Å²) in [6.45, 7) is 4.36. The Morgan fingerprint density at radius 3 is 2.92 bits per heavy atom. The van der Waals surface area contributed by atoms with Gasteiger partial charge in [0.05, 0.1) is 0 Å². The van der Waals surface area contributed by atoms with Crippen molar-refractivity contribution in [2.45, 2.75) is 24.9 Å². The number of anilines is 1. The van der Waals surface area contributed by atoms with Crippen LogP contribution >= 0.6 is 11.8 Å². The van der Waals surface area contributed by atoms with Crippen LogP contribution < -0.4 is 5.73 Å². The van der Waals surface area contributed by atoms with Crippen LogP contribution in [0, 0.1) is 0 Å². The Labute approximate surface area is 77.6 Å². The van der Waals surface area contributed by atoms with Gasteiger partial charge in [0.15, 0.2) is 0 Å². The van der Waals surface area contributed by atoms with Gasteiger partial charge in [-0.1, -0.05) is 19.9 Å². The van der Waals surface area contributed by atoms with Gasteiger partial charge in [-0.3, -0.25) is 0 Å². The van der Waals surface area contributed by atoms with Crippen LogP contribution in [0.5, 0.6) is 0 Å². The molecule has 2 N–H and O–H groups in total. The number of thioether (sulfide) groups is 1. The predicted octanol–water partition coefficient (Wildman–Crippen LogP) is 2.31. The third-order valence-corrected chi connectivity index (χ3v) is 2.64. The Morgan fingerprint density at radius 2 is 2.33 bits per heavy atom. The number of nitrogens with zero attached hydrogens (tertiary/aromatic N) is 1. The van der Waals surface area contributed by atoms with Gasteiger partial charge in [0.1, 0.15) is 5.82 Å². The van der Waals surface area contributed by atoms with Crippen molar-refractivity contribution in [1.82, 2.24) is 4.98 Å². The van der Waals surface area contributed by atoms with E-state index in [0.717, 1.165) is 11.3 Å². The highest BCUT2D eigenvalue weighted by Crippen LogP contribution is 2.19. The van der Waals surface area contributed by atoms with E-state index in [9.17, 15) is 0 Å². The summed E-state index contributed by atoms with van der Waals surface area (Å²) in [5.74, 6) is 1.61. The summed E-state index contributed by atoms with van der Waals surface area (Å²) >= 11 is 1.88. The lowest BCUT2D eigenvalue weighted by Gasteiger charge is -2.05. The summed E-state index contributed by atoms with van der Waals surface area (Å²) < 4.78 is 0. The maximum absolute atomic E-state index is 5.68. The number of nitrogens with two attached hydrogens (primary N) is 1. The van der Waals surface area contributed by atoms with Crippen molar-refractivity contribution < 1.29 is 0 Å². The summed E-state index contributed by atoms with van der Waals surface area (Å²) in [4.78, 5) is 4.02. The highest BCUT2D eigenvalue weighted by molar-refractivity contribution is 7.99. The minimum absolute atomic E-state index is 0.643. The molecule has 0 spiro atoms. The van der Waals surface area contributed by atoms with Crippen LogP contribution in [-0.2, 0) is 5.75 Å². The first kappa shape index (κ1) is 9.39. The second-order valence-corrected chi connectivity index (χ2v) is 4.47. The first-order valence-electron chi connectivity index (χ1n) is 4.01. The lowest BCUT2D eigenvalue weighted by atomic mass is 10.3. The van der Waals surface area contributed by atoms with Crippen molar-refractivity contribution in [3.8, 4) is 0 Å². The Hall–Kier alpha value is -0.700. The molecule has 0 unspecified atom stereocenters. The van der Waals surface area contributed by atoms with E-state index < -0.39 is 0 Å². The molecule has 2 nitrogen and oxygen atoms in total. The zero-order valence-electron chi connectivity index (χ0n) is 7.45. The molecule has 1 aromatic heterocycles. The van der Waals surface area contributed by atoms with Crippen molar-refractivity contribution in [2.75, 3.05) is 5.73 Å². The third kappa shape index (κ3) is 2.74. The summed E-state index contributed by atoms with van der Waals surface area (Å²) in [7, 11) is 0. The summed E-state index contributed by atoms with van der Waals surface area (Å²) in [5.41, 5.74) is 6.82. The van der Waals surface area contributed by atoms with Gasteiger partial charge in [-0.25, -0.2) is 4.98 Å². The second-order valence-electron chi connectivity index (χ2n) is 2.91. The molecular formula is C9H14N2S. The standard InChI is InChI=1S/C9H14N2S/c1-7(2)12-6-8-4-3-5-11-9(8)10/h3-5,7H,6H2,1-2H3,(H2,10,11). The van der Waals surface area contributed by atoms with Crippen LogP contribution in [0.1, 0.15) is 19.4 Å². The molecule has 3 heteroatoms. The molecule has 0 atom stereocenters. The van der Waals surface area contributed by atoms with Crippen molar-refractivity contribution >= 4 is 17.6 Å². The fraction of sp³-hybridized carbons (Fsp3) is 0.444. The molecule has 0 amide bonds. The Balaban J connectivity index is 2.57. The van der Waals surface area contributed by atoms with Gasteiger partial charge in [0.2, 0.25) is 0 Å². The highest BCUT2D eigenvalue weighted by Gasteiger charge is 2.00. The fourth-order valence-corrected chi connectivity index (χ4v) is 1.59. The lowest BCUT2D eigenvalue weighted by Crippen LogP contribution is -1.97. The maximum atomic E-state index is 5.68. The minimum Gasteiger partial charge on any atom is -0.383 e. The monoisotopic (exact) mass is 182 g/mol. The first-order chi connectivity index (χ1) is 5.70. The van der Waals surface area contributed by atoms with Gasteiger partial charge in [0, 0.05) is 17.5 Å². The molecule has 0 aliphatic rings. The topological polar surface area (TPSA) is 38.9 Å². The van der Waals surface area contributed by atoms with E-state index >= 15 is 0 Å². The molecule has 0 saturated heterocycles. The van der Waals surface area contributed by atoms with E-state index in [2.05, 4.69) is 18.8 Å². The Morgan fingerprint density at radius 1 is 1.58 bits per heavy atom. The zero-order chi connectivity index (χ0) is 8.97. The molecule has 0 radical (unpaired) electrons. The number of aromatic nitrogens is 1. The van der Waals surface area contributed by atoms with Gasteiger partial charge in [-0.2, -0.15) is 11.8 Å². The van der Waals surface area contributed by atoms with E-state index in [1.54, 1.807) is 6.20 Å². The normalized spacial score (nSPS) is 10.6. The molecule has 1 heterocycles. The fourth-order valence-electron chi connectivity index (χ4n) is 0.829. The molecule has 1 aromatic rings. The molecule has 0 fully saturated rings. The molecule has 1 rings (SSSR count). The van der Waals surface area contributed by atoms with Crippen LogP contribution in [0.25, 0.3) is 0 Å². The van der Waals surface area contributed by atoms with Crippen LogP contribution in [0.2, 0.25) is 0 Å². The number of nitrogen functional groups attached to an aromatic ring is 1. The number of pyridine rings is 1. The van der Waals surface area contributed by atoms with Crippen molar-refractivity contribution in [3.05, 3.63) is 23.9 Å². The van der Waals surface area contributed by atoms with Gasteiger partial charge in [-0.05, 0) is 11.3 Å². The molecule has 66 valence electrons. The maximum Gasteiger partial charge on any atom is 0.127 e. The number of rotatable bonds is 3. The van der Waals surface area contributed by atoms with E-state index in [0.29, 0.717) is 11.1 Å². The first-order valence-corrected chi connectivity index (χ1v) is 5.06. The number of hydrogen-bond donors (Lipinski definition) is 1. The van der Waals surface area contributed by atoms with Crippen molar-refractivity contribution in [1.29, 1.82) is 0 Å². The van der Waals surface area contributed by atoms with Gasteiger partial charge in [0.25, 0.3) is 0 Å². The predicted molar refractivity (Wildman–Crippen MR) is 55.1 cm³/mol. The smallest absolute Gasteiger partial charge is 0.127 e. The van der Waals surface area contributed by atoms with Crippen LogP contribution in [-0.4, -0.2) is 10.2 Å². The molecule has 0 aliphatic heterocycles. The van der Waals surface area contributed by atoms with Crippen LogP contribution in [0.4, 0.5) is 5.82 Å². The Bertz CT molecular complexity index is 248. The summed E-state index contributed by atoms with van der Waals surface area (Å²) in [6.07, 6.45) is 1.72. The van der Waals surface area contributed by atoms with Crippen molar-refractivity contribution in [2.24, 2.45) is 0 Å². The summed E-state index contributed by atoms with van der Waals surface area (Å²) in [6, 6.07) is 3.95. The SMILES string of the molecule is CC(C)SCc1cccnc1N. The average molecular weight is 182 g/mol. The van der Waals surface area contributed by atoms with Crippen LogP contribution in [0.15, 0.2) is 18.3 Å². The third-order valence-electron chi connectivity index (χ3n) is 1.50. The average Bonchev–Trinajstić information content (AvgIpc) is 2.03. The second kappa shape index (κ2) is 4.36. The van der Waals surface area contributed by atoms with Crippen molar-refractivity contribution in [3.63, 3.8) is 0 Å². The minimum atomic E-state index is 0.643. The number of hydrogen-bond acceptors (Lipinski definition) is 3. The molecular weight excluding hydrogens is 168 g/mol. The summed E-state index contributed by atoms with van der Waals surface area (Å²) in [5, 5.41) is 0.643. The van der Waals surface area contributed by atoms with Gasteiger partial charge in [-0.15, -0.1) is 0 Å². The molecule has 0 aromatic carbocycles. The van der Waals surface area contributed by atoms with Gasteiger partial charge < -0.3 is 5.73 Å². The highest BCUT2D eigenvalue weighted by atomic mass is 32.2. The molecule has 0 aliphatic carbocycles.